The van der Waals surface area contributed by atoms with Crippen molar-refractivity contribution in [1.82, 2.24) is 4.98 Å². The third-order valence-corrected chi connectivity index (χ3v) is 5.35. The normalized spacial score (nSPS) is 19.5. The Morgan fingerprint density at radius 1 is 1.35 bits per heavy atom. The molecule has 5 nitrogen and oxygen atoms in total. The molecule has 1 aromatic carbocycles. The fourth-order valence-corrected chi connectivity index (χ4v) is 3.94. The maximum atomic E-state index is 5.93. The second kappa shape index (κ2) is 8.05. The molecule has 136 valence electrons. The van der Waals surface area contributed by atoms with Crippen molar-refractivity contribution in [3.8, 4) is 0 Å². The number of nitrogens with one attached hydrogen (secondary N) is 2. The highest BCUT2D eigenvalue weighted by Gasteiger charge is 2.29. The molecule has 0 saturated heterocycles. The van der Waals surface area contributed by atoms with Gasteiger partial charge in [-0.05, 0) is 49.6 Å². The molecule has 1 aromatic heterocycles. The monoisotopic (exact) mass is 385 g/mol. The molecule has 0 amide bonds. The Morgan fingerprint density at radius 2 is 2.19 bits per heavy atom. The molecule has 0 aliphatic carbocycles. The maximum Gasteiger partial charge on any atom is 0.154 e. The van der Waals surface area contributed by atoms with Crippen molar-refractivity contribution in [2.45, 2.75) is 25.8 Å². The Hall–Kier alpha value is -2.12. The zero-order valence-electron chi connectivity index (χ0n) is 15.0. The minimum Gasteiger partial charge on any atom is -0.379 e. The van der Waals surface area contributed by atoms with Gasteiger partial charge in [-0.1, -0.05) is 42.2 Å². The highest BCUT2D eigenvalue weighted by Crippen LogP contribution is 2.35. The van der Waals surface area contributed by atoms with Gasteiger partial charge in [0.2, 0.25) is 0 Å². The molecule has 0 radical (unpaired) electrons. The van der Waals surface area contributed by atoms with Crippen molar-refractivity contribution in [2.75, 3.05) is 22.9 Å². The number of hydrogen-bond acceptors (Lipinski definition) is 6. The molecular weight excluding hydrogens is 362 g/mol. The van der Waals surface area contributed by atoms with Crippen molar-refractivity contribution >= 4 is 45.6 Å². The Labute approximate surface area is 163 Å². The summed E-state index contributed by atoms with van der Waals surface area (Å²) in [6, 6.07) is 12.2. The lowest BCUT2D eigenvalue weighted by molar-refractivity contribution is 0.482. The average molecular weight is 386 g/mol. The standard InChI is InChI=1S/C19H23N5S2/c1-13-6-7-16(21-11-13)22-12-17(25)23-15-5-3-4-14(10-15)19(2)8-9-26-18(20)24-19/h3-7,10-11H,8-9,12H2,1-2H3,(H2,20,24)(H,21,22)(H,23,25). The summed E-state index contributed by atoms with van der Waals surface area (Å²) in [5.74, 6) is 1.79. The maximum absolute atomic E-state index is 5.93. The molecule has 0 saturated carbocycles. The highest BCUT2D eigenvalue weighted by molar-refractivity contribution is 8.13. The molecule has 1 aliphatic heterocycles. The second-order valence-corrected chi connectivity index (χ2v) is 8.13. The van der Waals surface area contributed by atoms with Gasteiger partial charge < -0.3 is 16.4 Å². The van der Waals surface area contributed by atoms with Gasteiger partial charge in [-0.3, -0.25) is 4.99 Å². The number of thiocarbonyl (C=S) groups is 1. The topological polar surface area (TPSA) is 75.3 Å². The number of rotatable bonds is 5. The zero-order chi connectivity index (χ0) is 18.6. The summed E-state index contributed by atoms with van der Waals surface area (Å²) in [6.45, 7) is 4.66. The lowest BCUT2D eigenvalue weighted by Crippen LogP contribution is -2.29. The number of amidine groups is 1. The highest BCUT2D eigenvalue weighted by atomic mass is 32.2. The summed E-state index contributed by atoms with van der Waals surface area (Å²) in [5, 5.41) is 7.17. The van der Waals surface area contributed by atoms with Gasteiger partial charge in [0, 0.05) is 17.6 Å². The number of hydrogen-bond donors (Lipinski definition) is 3. The Balaban J connectivity index is 1.64. The summed E-state index contributed by atoms with van der Waals surface area (Å²) in [5.41, 5.74) is 8.88. The summed E-state index contributed by atoms with van der Waals surface area (Å²) in [6.07, 6.45) is 2.80. The number of pyridine rings is 1. The first-order chi connectivity index (χ1) is 12.4. The van der Waals surface area contributed by atoms with Gasteiger partial charge in [-0.25, -0.2) is 4.98 Å². The fourth-order valence-electron chi connectivity index (χ4n) is 2.77. The number of aryl methyl sites for hydroxylation is 1. The van der Waals surface area contributed by atoms with E-state index in [4.69, 9.17) is 18.0 Å². The van der Waals surface area contributed by atoms with Crippen LogP contribution in [0.2, 0.25) is 0 Å². The quantitative estimate of drug-likeness (QED) is 0.678. The summed E-state index contributed by atoms with van der Waals surface area (Å²) in [4.78, 5) is 9.69. The van der Waals surface area contributed by atoms with Crippen molar-refractivity contribution in [2.24, 2.45) is 10.7 Å². The first-order valence-electron chi connectivity index (χ1n) is 8.50. The van der Waals surface area contributed by atoms with Crippen molar-refractivity contribution in [1.29, 1.82) is 0 Å². The Kier molecular flexibility index (Phi) is 5.78. The summed E-state index contributed by atoms with van der Waals surface area (Å²) in [7, 11) is 0. The van der Waals surface area contributed by atoms with Crippen LogP contribution in [0.3, 0.4) is 0 Å². The van der Waals surface area contributed by atoms with E-state index in [1.54, 1.807) is 11.8 Å². The predicted octanol–water partition coefficient (Wildman–Crippen LogP) is 3.91. The van der Waals surface area contributed by atoms with E-state index in [0.717, 1.165) is 34.8 Å². The number of nitrogens with zero attached hydrogens (tertiary/aromatic N) is 2. The molecular formula is C19H23N5S2. The van der Waals surface area contributed by atoms with Gasteiger partial charge in [-0.2, -0.15) is 0 Å². The SMILES string of the molecule is Cc1ccc(NCC(=S)Nc2cccc(C3(C)CCSC(N)=N3)c2)nc1. The molecule has 4 N–H and O–H groups in total. The molecule has 2 aromatic rings. The lowest BCUT2D eigenvalue weighted by Gasteiger charge is -2.30. The number of nitrogens with two attached hydrogens (primary N) is 1. The van der Waals surface area contributed by atoms with Crippen molar-refractivity contribution in [3.05, 3.63) is 53.7 Å². The second-order valence-electron chi connectivity index (χ2n) is 6.53. The molecule has 3 rings (SSSR count). The Morgan fingerprint density at radius 3 is 2.92 bits per heavy atom. The van der Waals surface area contributed by atoms with Crippen LogP contribution in [0.1, 0.15) is 24.5 Å². The van der Waals surface area contributed by atoms with Gasteiger partial charge in [0.25, 0.3) is 0 Å². The van der Waals surface area contributed by atoms with E-state index in [1.807, 2.05) is 37.4 Å². The van der Waals surface area contributed by atoms with Crippen LogP contribution in [0.4, 0.5) is 11.5 Å². The average Bonchev–Trinajstić information content (AvgIpc) is 2.61. The fraction of sp³-hybridized carbons (Fsp3) is 0.316. The van der Waals surface area contributed by atoms with Crippen LogP contribution in [0.5, 0.6) is 0 Å². The van der Waals surface area contributed by atoms with Gasteiger partial charge in [0.15, 0.2) is 5.17 Å². The predicted molar refractivity (Wildman–Crippen MR) is 116 cm³/mol. The van der Waals surface area contributed by atoms with Gasteiger partial charge in [0.05, 0.1) is 17.1 Å². The molecule has 1 aliphatic rings. The minimum atomic E-state index is -0.279. The van der Waals surface area contributed by atoms with Crippen molar-refractivity contribution < 1.29 is 0 Å². The number of thioether (sulfide) groups is 1. The van der Waals surface area contributed by atoms with E-state index in [1.165, 1.54) is 0 Å². The van der Waals surface area contributed by atoms with Gasteiger partial charge >= 0.3 is 0 Å². The first-order valence-corrected chi connectivity index (χ1v) is 9.89. The first kappa shape index (κ1) is 18.7. The van der Waals surface area contributed by atoms with Crippen LogP contribution >= 0.6 is 24.0 Å². The van der Waals surface area contributed by atoms with Crippen LogP contribution in [0.25, 0.3) is 0 Å². The van der Waals surface area contributed by atoms with E-state index in [9.17, 15) is 0 Å². The Bertz CT molecular complexity index is 819. The zero-order valence-corrected chi connectivity index (χ0v) is 16.6. The van der Waals surface area contributed by atoms with Gasteiger partial charge in [0.1, 0.15) is 5.82 Å². The lowest BCUT2D eigenvalue weighted by atomic mass is 9.89. The van der Waals surface area contributed by atoms with Crippen LogP contribution in [-0.2, 0) is 5.54 Å². The smallest absolute Gasteiger partial charge is 0.154 e. The molecule has 2 heterocycles. The molecule has 1 unspecified atom stereocenters. The van der Waals surface area contributed by atoms with E-state index in [0.29, 0.717) is 16.7 Å². The van der Waals surface area contributed by atoms with E-state index in [-0.39, 0.29) is 5.54 Å². The number of aromatic nitrogens is 1. The molecule has 1 atom stereocenters. The largest absolute Gasteiger partial charge is 0.379 e. The summed E-state index contributed by atoms with van der Waals surface area (Å²) >= 11 is 7.07. The molecule has 7 heteroatoms. The molecule has 0 spiro atoms. The molecule has 26 heavy (non-hydrogen) atoms. The number of aliphatic imine (C=N–C) groups is 1. The molecule has 0 bridgehead atoms. The minimum absolute atomic E-state index is 0.279. The third-order valence-electron chi connectivity index (χ3n) is 4.31. The van der Waals surface area contributed by atoms with Crippen LogP contribution in [-0.4, -0.2) is 27.4 Å². The van der Waals surface area contributed by atoms with Crippen LogP contribution < -0.4 is 16.4 Å². The third kappa shape index (κ3) is 4.74. The number of benzene rings is 1. The van der Waals surface area contributed by atoms with Crippen LogP contribution in [0, 0.1) is 6.92 Å². The summed E-state index contributed by atoms with van der Waals surface area (Å²) < 4.78 is 0. The van der Waals surface area contributed by atoms with Gasteiger partial charge in [-0.15, -0.1) is 0 Å². The number of anilines is 2. The van der Waals surface area contributed by atoms with Crippen LogP contribution in [0.15, 0.2) is 47.6 Å². The van der Waals surface area contributed by atoms with E-state index < -0.39 is 0 Å². The van der Waals surface area contributed by atoms with Crippen molar-refractivity contribution in [3.63, 3.8) is 0 Å². The van der Waals surface area contributed by atoms with E-state index in [2.05, 4.69) is 39.7 Å². The molecule has 0 fully saturated rings. The van der Waals surface area contributed by atoms with E-state index >= 15 is 0 Å².